The first-order chi connectivity index (χ1) is 29.7. The number of rotatable bonds is 44. The van der Waals surface area contributed by atoms with Gasteiger partial charge in [-0.15, -0.1) is 0 Å². The molecule has 1 aliphatic heterocycles. The standard InChI is InChI=1S/C50H99NO10/c1-3-5-7-9-11-13-15-17-19-21-23-25-27-29-31-33-35-37-42(53)45(55)41(40-60-50-48(58)47(57)46(56)44(39-52)61-50)51-49(59)43(54)38-36-34-32-30-28-26-24-22-20-18-16-14-12-10-8-6-4-2/h41-48,50,52-58H,3-40H2,1-2H3,(H,51,59). The highest BCUT2D eigenvalue weighted by atomic mass is 16.7. The van der Waals surface area contributed by atoms with Crippen molar-refractivity contribution in [2.75, 3.05) is 13.2 Å². The summed E-state index contributed by atoms with van der Waals surface area (Å²) in [6.45, 7) is 3.47. The Kier molecular flexibility index (Phi) is 38.7. The van der Waals surface area contributed by atoms with Crippen LogP contribution in [0, 0.1) is 0 Å². The summed E-state index contributed by atoms with van der Waals surface area (Å²) in [4.78, 5) is 13.1. The van der Waals surface area contributed by atoms with Crippen LogP contribution in [0.5, 0.6) is 0 Å². The van der Waals surface area contributed by atoms with Crippen molar-refractivity contribution in [1.82, 2.24) is 5.32 Å². The second kappa shape index (κ2) is 40.6. The molecule has 61 heavy (non-hydrogen) atoms. The Morgan fingerprint density at radius 3 is 1.21 bits per heavy atom. The number of unbranched alkanes of at least 4 members (excludes halogenated alkanes) is 32. The van der Waals surface area contributed by atoms with Crippen LogP contribution in [0.25, 0.3) is 0 Å². The normalized spacial score (nSPS) is 21.4. The summed E-state index contributed by atoms with van der Waals surface area (Å²) in [5.74, 6) is -0.692. The highest BCUT2D eigenvalue weighted by Crippen LogP contribution is 2.23. The lowest BCUT2D eigenvalue weighted by molar-refractivity contribution is -0.303. The van der Waals surface area contributed by atoms with E-state index in [4.69, 9.17) is 9.47 Å². The molecular weight excluding hydrogens is 775 g/mol. The van der Waals surface area contributed by atoms with Gasteiger partial charge in [-0.2, -0.15) is 0 Å². The minimum absolute atomic E-state index is 0.266. The Balaban J connectivity index is 2.38. The monoisotopic (exact) mass is 874 g/mol. The van der Waals surface area contributed by atoms with Gasteiger partial charge in [-0.05, 0) is 12.8 Å². The van der Waals surface area contributed by atoms with Gasteiger partial charge >= 0.3 is 0 Å². The fourth-order valence-corrected chi connectivity index (χ4v) is 8.62. The molecule has 0 aliphatic carbocycles. The number of hydrogen-bond acceptors (Lipinski definition) is 10. The lowest BCUT2D eigenvalue weighted by atomic mass is 9.98. The predicted molar refractivity (Wildman–Crippen MR) is 247 cm³/mol. The van der Waals surface area contributed by atoms with E-state index < -0.39 is 74.2 Å². The Labute approximate surface area is 373 Å². The van der Waals surface area contributed by atoms with Crippen LogP contribution in [-0.2, 0) is 14.3 Å². The summed E-state index contributed by atoms with van der Waals surface area (Å²) in [7, 11) is 0. The van der Waals surface area contributed by atoms with E-state index in [0.29, 0.717) is 19.3 Å². The van der Waals surface area contributed by atoms with Crippen LogP contribution in [0.4, 0.5) is 0 Å². The SMILES string of the molecule is CCCCCCCCCCCCCCCCCCCC(O)C(=O)NC(COC1OC(CO)C(O)C(O)C1O)C(O)C(O)CCCCCCCCCCCCCCCCCCC. The van der Waals surface area contributed by atoms with Crippen molar-refractivity contribution >= 4 is 5.91 Å². The zero-order chi connectivity index (χ0) is 44.8. The van der Waals surface area contributed by atoms with E-state index in [9.17, 15) is 40.5 Å². The number of aliphatic hydroxyl groups excluding tert-OH is 7. The van der Waals surface area contributed by atoms with Crippen LogP contribution in [-0.4, -0.2) is 110 Å². The van der Waals surface area contributed by atoms with Crippen molar-refractivity contribution in [1.29, 1.82) is 0 Å². The van der Waals surface area contributed by atoms with Crippen LogP contribution in [0.3, 0.4) is 0 Å². The lowest BCUT2D eigenvalue weighted by Gasteiger charge is -2.40. The Bertz CT molecular complexity index is 959. The number of aliphatic hydroxyl groups is 7. The van der Waals surface area contributed by atoms with Gasteiger partial charge in [0.1, 0.15) is 36.6 Å². The van der Waals surface area contributed by atoms with Crippen molar-refractivity contribution in [3.8, 4) is 0 Å². The van der Waals surface area contributed by atoms with Crippen molar-refractivity contribution in [2.45, 2.75) is 300 Å². The number of hydrogen-bond donors (Lipinski definition) is 8. The minimum atomic E-state index is -1.66. The van der Waals surface area contributed by atoms with E-state index >= 15 is 0 Å². The molecule has 0 saturated carbocycles. The minimum Gasteiger partial charge on any atom is -0.394 e. The Hall–Kier alpha value is -0.890. The molecule has 1 fully saturated rings. The average molecular weight is 874 g/mol. The topological polar surface area (TPSA) is 189 Å². The fourth-order valence-electron chi connectivity index (χ4n) is 8.62. The number of amides is 1. The van der Waals surface area contributed by atoms with Gasteiger partial charge in [0.25, 0.3) is 0 Å². The summed E-state index contributed by atoms with van der Waals surface area (Å²) in [5, 5.41) is 75.9. The van der Waals surface area contributed by atoms with E-state index in [2.05, 4.69) is 19.2 Å². The third-order valence-corrected chi connectivity index (χ3v) is 12.9. The highest BCUT2D eigenvalue weighted by Gasteiger charge is 2.44. The predicted octanol–water partition coefficient (Wildman–Crippen LogP) is 9.45. The van der Waals surface area contributed by atoms with Gasteiger partial charge in [-0.1, -0.05) is 232 Å². The number of carbonyl (C=O) groups is 1. The van der Waals surface area contributed by atoms with Gasteiger partial charge in [0, 0.05) is 0 Å². The molecule has 9 unspecified atom stereocenters. The highest BCUT2D eigenvalue weighted by molar-refractivity contribution is 5.80. The first-order valence-electron chi connectivity index (χ1n) is 25.9. The molecule has 1 rings (SSSR count). The molecule has 1 aliphatic rings. The summed E-state index contributed by atoms with van der Waals surface area (Å²) in [6.07, 6.45) is 31.4. The second-order valence-corrected chi connectivity index (χ2v) is 18.6. The van der Waals surface area contributed by atoms with Crippen LogP contribution >= 0.6 is 0 Å². The molecule has 1 heterocycles. The average Bonchev–Trinajstić information content (AvgIpc) is 3.26. The number of carbonyl (C=O) groups excluding carboxylic acids is 1. The molecule has 0 aromatic carbocycles. The van der Waals surface area contributed by atoms with Crippen LogP contribution in [0.15, 0.2) is 0 Å². The zero-order valence-corrected chi connectivity index (χ0v) is 39.4. The van der Waals surface area contributed by atoms with E-state index in [1.807, 2.05) is 0 Å². The van der Waals surface area contributed by atoms with Gasteiger partial charge in [-0.3, -0.25) is 4.79 Å². The van der Waals surface area contributed by atoms with Crippen molar-refractivity contribution in [2.24, 2.45) is 0 Å². The largest absolute Gasteiger partial charge is 0.394 e. The smallest absolute Gasteiger partial charge is 0.249 e. The summed E-state index contributed by atoms with van der Waals surface area (Å²) in [5.41, 5.74) is 0. The van der Waals surface area contributed by atoms with E-state index in [1.165, 1.54) is 167 Å². The molecule has 364 valence electrons. The van der Waals surface area contributed by atoms with Crippen molar-refractivity contribution < 1.29 is 50.0 Å². The van der Waals surface area contributed by atoms with Gasteiger partial charge in [0.05, 0.1) is 25.4 Å². The Morgan fingerprint density at radius 2 is 0.852 bits per heavy atom. The van der Waals surface area contributed by atoms with E-state index in [-0.39, 0.29) is 6.42 Å². The third kappa shape index (κ3) is 30.0. The molecule has 11 heteroatoms. The second-order valence-electron chi connectivity index (χ2n) is 18.6. The van der Waals surface area contributed by atoms with Gasteiger partial charge < -0.3 is 50.5 Å². The maximum Gasteiger partial charge on any atom is 0.249 e. The third-order valence-electron chi connectivity index (χ3n) is 12.9. The molecule has 1 saturated heterocycles. The van der Waals surface area contributed by atoms with Crippen LogP contribution in [0.1, 0.15) is 245 Å². The number of ether oxygens (including phenoxy) is 2. The lowest BCUT2D eigenvalue weighted by Crippen LogP contribution is -2.60. The number of nitrogens with one attached hydrogen (secondary N) is 1. The Morgan fingerprint density at radius 1 is 0.508 bits per heavy atom. The van der Waals surface area contributed by atoms with Crippen molar-refractivity contribution in [3.63, 3.8) is 0 Å². The molecule has 0 aromatic heterocycles. The molecule has 0 radical (unpaired) electrons. The first kappa shape index (κ1) is 58.1. The molecule has 9 atom stereocenters. The van der Waals surface area contributed by atoms with Crippen LogP contribution < -0.4 is 5.32 Å². The molecule has 8 N–H and O–H groups in total. The summed E-state index contributed by atoms with van der Waals surface area (Å²) in [6, 6.07) is -1.16. The molecular formula is C50H99NO10. The van der Waals surface area contributed by atoms with Gasteiger partial charge in [-0.25, -0.2) is 0 Å². The van der Waals surface area contributed by atoms with E-state index in [0.717, 1.165) is 38.5 Å². The molecule has 1 amide bonds. The molecule has 0 aromatic rings. The van der Waals surface area contributed by atoms with Crippen LogP contribution in [0.2, 0.25) is 0 Å². The fraction of sp³-hybridized carbons (Fsp3) is 0.980. The summed E-state index contributed by atoms with van der Waals surface area (Å²) < 4.78 is 11.1. The van der Waals surface area contributed by atoms with Gasteiger partial charge in [0.2, 0.25) is 5.91 Å². The molecule has 0 bridgehead atoms. The summed E-state index contributed by atoms with van der Waals surface area (Å²) >= 11 is 0. The maximum atomic E-state index is 13.1. The molecule has 0 spiro atoms. The zero-order valence-electron chi connectivity index (χ0n) is 39.4. The van der Waals surface area contributed by atoms with Gasteiger partial charge in [0.15, 0.2) is 6.29 Å². The van der Waals surface area contributed by atoms with E-state index in [1.54, 1.807) is 0 Å². The quantitative estimate of drug-likeness (QED) is 0.0274. The molecule has 11 nitrogen and oxygen atoms in total. The maximum absolute atomic E-state index is 13.1. The van der Waals surface area contributed by atoms with Crippen molar-refractivity contribution in [3.05, 3.63) is 0 Å². The first-order valence-corrected chi connectivity index (χ1v) is 25.9.